The zero-order valence-electron chi connectivity index (χ0n) is 24.4. The van der Waals surface area contributed by atoms with E-state index < -0.39 is 26.4 Å². The van der Waals surface area contributed by atoms with Gasteiger partial charge < -0.3 is 23.4 Å². The summed E-state index contributed by atoms with van der Waals surface area (Å²) in [5.74, 6) is -0.154. The van der Waals surface area contributed by atoms with E-state index in [9.17, 15) is 14.4 Å². The lowest BCUT2D eigenvalue weighted by atomic mass is 10.0. The number of imide groups is 1. The van der Waals surface area contributed by atoms with E-state index in [2.05, 4.69) is 48.5 Å². The molecule has 11 heteroatoms. The fourth-order valence-corrected chi connectivity index (χ4v) is 5.45. The molecule has 0 bridgehead atoms. The van der Waals surface area contributed by atoms with Gasteiger partial charge in [-0.3, -0.25) is 19.7 Å². The maximum absolute atomic E-state index is 12.5. The SMILES string of the molecule is Cc1ccc(-c2ccc(OP(N[C@@H](C)C(=O)OC(C)C)OCC3CC(C)C(N(C)/C=C\C(=O)NC=O)O3)cc2)cc1. The van der Waals surface area contributed by atoms with Gasteiger partial charge in [0.15, 0.2) is 0 Å². The molecule has 41 heavy (non-hydrogen) atoms. The van der Waals surface area contributed by atoms with E-state index in [0.717, 1.165) is 17.5 Å². The van der Waals surface area contributed by atoms with E-state index in [1.54, 1.807) is 38.9 Å². The fourth-order valence-electron chi connectivity index (χ4n) is 4.23. The van der Waals surface area contributed by atoms with Crippen LogP contribution in [0.15, 0.2) is 60.8 Å². The topological polar surface area (TPSA) is 115 Å². The molecule has 0 saturated carbocycles. The molecule has 1 aliphatic rings. The molecule has 2 aromatic carbocycles. The molecule has 0 radical (unpaired) electrons. The van der Waals surface area contributed by atoms with Crippen molar-refractivity contribution < 1.29 is 32.9 Å². The van der Waals surface area contributed by atoms with Gasteiger partial charge in [0.1, 0.15) is 18.0 Å². The van der Waals surface area contributed by atoms with Crippen molar-refractivity contribution in [3.05, 3.63) is 66.4 Å². The highest BCUT2D eigenvalue weighted by Gasteiger charge is 2.35. The van der Waals surface area contributed by atoms with Crippen LogP contribution in [-0.4, -0.2) is 61.3 Å². The maximum atomic E-state index is 12.5. The molecule has 0 aromatic heterocycles. The lowest BCUT2D eigenvalue weighted by molar-refractivity contribution is -0.149. The number of hydrogen-bond donors (Lipinski definition) is 2. The summed E-state index contributed by atoms with van der Waals surface area (Å²) in [5.41, 5.74) is 3.37. The average Bonchev–Trinajstić information content (AvgIpc) is 3.31. The van der Waals surface area contributed by atoms with E-state index in [1.165, 1.54) is 11.6 Å². The molecular formula is C30H40N3O7P. The summed E-state index contributed by atoms with van der Waals surface area (Å²) >= 11 is 0. The summed E-state index contributed by atoms with van der Waals surface area (Å²) in [6.45, 7) is 9.64. The van der Waals surface area contributed by atoms with Crippen molar-refractivity contribution in [2.75, 3.05) is 13.7 Å². The van der Waals surface area contributed by atoms with Gasteiger partial charge in [-0.15, -0.1) is 0 Å². The third kappa shape index (κ3) is 10.2. The molecule has 3 rings (SSSR count). The van der Waals surface area contributed by atoms with E-state index in [0.29, 0.717) is 12.2 Å². The lowest BCUT2D eigenvalue weighted by Gasteiger charge is -2.26. The predicted molar refractivity (Wildman–Crippen MR) is 157 cm³/mol. The van der Waals surface area contributed by atoms with Crippen LogP contribution in [0.25, 0.3) is 11.1 Å². The van der Waals surface area contributed by atoms with Crippen LogP contribution in [0, 0.1) is 12.8 Å². The van der Waals surface area contributed by atoms with Crippen molar-refractivity contribution in [2.24, 2.45) is 5.92 Å². The molecule has 0 spiro atoms. The van der Waals surface area contributed by atoms with E-state index in [1.807, 2.05) is 24.3 Å². The first-order valence-corrected chi connectivity index (χ1v) is 14.8. The summed E-state index contributed by atoms with van der Waals surface area (Å²) in [6.07, 6.45) is 3.16. The van der Waals surface area contributed by atoms with Crippen LogP contribution < -0.4 is 14.9 Å². The molecule has 10 nitrogen and oxygen atoms in total. The van der Waals surface area contributed by atoms with Gasteiger partial charge in [0.2, 0.25) is 6.41 Å². The number of amides is 2. The van der Waals surface area contributed by atoms with Crippen LogP contribution in [0.5, 0.6) is 5.75 Å². The molecular weight excluding hydrogens is 545 g/mol. The van der Waals surface area contributed by atoms with Gasteiger partial charge in [-0.1, -0.05) is 48.9 Å². The Bertz CT molecular complexity index is 1170. The number of rotatable bonds is 14. The van der Waals surface area contributed by atoms with Gasteiger partial charge in [0.05, 0.1) is 18.8 Å². The van der Waals surface area contributed by atoms with E-state index >= 15 is 0 Å². The van der Waals surface area contributed by atoms with Crippen LogP contribution in [0.1, 0.15) is 39.7 Å². The first-order valence-electron chi connectivity index (χ1n) is 13.6. The van der Waals surface area contributed by atoms with Gasteiger partial charge in [-0.25, -0.2) is 5.09 Å². The zero-order valence-corrected chi connectivity index (χ0v) is 25.3. The standard InChI is InChI=1S/C30H40N3O7P/c1-20(2)38-30(36)23(5)32-41(40-26-13-11-25(12-14-26)24-9-7-21(3)8-10-24)37-18-27-17-22(4)29(39-27)33(6)16-15-28(35)31-19-34/h7-16,19-20,22-23,27,29,32H,17-18H2,1-6H3,(H,31,34,35)/b16-15-/t22?,23-,27?,29?,41?/m0/s1. The second-order valence-electron chi connectivity index (χ2n) is 10.3. The number of carbonyl (C=O) groups excluding carboxylic acids is 3. The summed E-state index contributed by atoms with van der Waals surface area (Å²) in [4.78, 5) is 36.2. The van der Waals surface area contributed by atoms with Crippen molar-refractivity contribution in [2.45, 2.75) is 65.5 Å². The van der Waals surface area contributed by atoms with Gasteiger partial charge in [-0.2, -0.15) is 0 Å². The number of nitrogens with one attached hydrogen (secondary N) is 2. The number of esters is 1. The second kappa shape index (κ2) is 15.6. The third-order valence-electron chi connectivity index (χ3n) is 6.33. The Morgan fingerprint density at radius 1 is 1.10 bits per heavy atom. The van der Waals surface area contributed by atoms with Crippen molar-refractivity contribution in [3.8, 4) is 16.9 Å². The summed E-state index contributed by atoms with van der Waals surface area (Å²) in [5, 5.41) is 5.20. The first kappa shape index (κ1) is 32.2. The Hall–Kier alpha value is -3.30. The Balaban J connectivity index is 1.64. The molecule has 4 unspecified atom stereocenters. The largest absolute Gasteiger partial charge is 0.462 e. The minimum absolute atomic E-state index is 0.154. The molecule has 1 heterocycles. The zero-order chi connectivity index (χ0) is 29.9. The van der Waals surface area contributed by atoms with Crippen molar-refractivity contribution >= 4 is 26.8 Å². The van der Waals surface area contributed by atoms with Crippen molar-refractivity contribution in [1.29, 1.82) is 0 Å². The lowest BCUT2D eigenvalue weighted by Crippen LogP contribution is -2.35. The van der Waals surface area contributed by atoms with E-state index in [4.69, 9.17) is 18.5 Å². The summed E-state index contributed by atoms with van der Waals surface area (Å²) < 4.78 is 23.8. The molecule has 1 saturated heterocycles. The van der Waals surface area contributed by atoms with Crippen molar-refractivity contribution in [3.63, 3.8) is 0 Å². The van der Waals surface area contributed by atoms with Gasteiger partial charge in [0, 0.05) is 25.2 Å². The number of aryl methyl sites for hydroxylation is 1. The van der Waals surface area contributed by atoms with Crippen LogP contribution in [0.2, 0.25) is 0 Å². The quantitative estimate of drug-likeness (QED) is 0.141. The average molecular weight is 586 g/mol. The molecule has 0 aliphatic carbocycles. The molecule has 1 fully saturated rings. The smallest absolute Gasteiger partial charge is 0.323 e. The van der Waals surface area contributed by atoms with Crippen LogP contribution >= 0.6 is 8.53 Å². The van der Waals surface area contributed by atoms with Crippen LogP contribution in [0.3, 0.4) is 0 Å². The Labute approximate surface area is 243 Å². The molecule has 1 aliphatic heterocycles. The molecule has 222 valence electrons. The predicted octanol–water partition coefficient (Wildman–Crippen LogP) is 4.68. The minimum Gasteiger partial charge on any atom is -0.462 e. The van der Waals surface area contributed by atoms with Crippen LogP contribution in [0.4, 0.5) is 0 Å². The van der Waals surface area contributed by atoms with Gasteiger partial charge >= 0.3 is 14.5 Å². The Morgan fingerprint density at radius 3 is 2.34 bits per heavy atom. The molecule has 2 aromatic rings. The van der Waals surface area contributed by atoms with E-state index in [-0.39, 0.29) is 31.0 Å². The highest BCUT2D eigenvalue weighted by atomic mass is 31.2. The Kier molecular flexibility index (Phi) is 12.3. The van der Waals surface area contributed by atoms with Gasteiger partial charge in [0.25, 0.3) is 5.91 Å². The first-order chi connectivity index (χ1) is 19.5. The van der Waals surface area contributed by atoms with Gasteiger partial charge in [-0.05, 0) is 57.4 Å². The number of benzene rings is 2. The fraction of sp³-hybridized carbons (Fsp3) is 0.433. The molecule has 2 amide bonds. The number of carbonyl (C=O) groups is 3. The second-order valence-corrected chi connectivity index (χ2v) is 11.6. The molecule has 2 N–H and O–H groups in total. The normalized spacial score (nSPS) is 20.0. The maximum Gasteiger partial charge on any atom is 0.323 e. The van der Waals surface area contributed by atoms with Crippen LogP contribution in [-0.2, 0) is 28.4 Å². The third-order valence-corrected chi connectivity index (χ3v) is 7.69. The Morgan fingerprint density at radius 2 is 1.73 bits per heavy atom. The number of nitrogens with zero attached hydrogens (tertiary/aromatic N) is 1. The summed E-state index contributed by atoms with van der Waals surface area (Å²) in [7, 11) is 0.0744. The highest BCUT2D eigenvalue weighted by molar-refractivity contribution is 7.45. The summed E-state index contributed by atoms with van der Waals surface area (Å²) in [6, 6.07) is 15.4. The van der Waals surface area contributed by atoms with Crippen molar-refractivity contribution in [1.82, 2.24) is 15.3 Å². The minimum atomic E-state index is -1.73. The molecule has 5 atom stereocenters. The monoisotopic (exact) mass is 585 g/mol. The number of ether oxygens (including phenoxy) is 2. The number of hydrogen-bond acceptors (Lipinski definition) is 9. The highest BCUT2D eigenvalue weighted by Crippen LogP contribution is 2.39.